The lowest BCUT2D eigenvalue weighted by Crippen LogP contribution is -2.21. The van der Waals surface area contributed by atoms with Crippen molar-refractivity contribution in [1.82, 2.24) is 4.90 Å². The Kier molecular flexibility index (Phi) is 2.75. The van der Waals surface area contributed by atoms with E-state index in [0.717, 1.165) is 25.9 Å². The maximum atomic E-state index is 13.3. The molecule has 0 N–H and O–H groups in total. The summed E-state index contributed by atoms with van der Waals surface area (Å²) >= 11 is 0. The molecule has 1 fully saturated rings. The molecule has 0 aliphatic carbocycles. The lowest BCUT2D eigenvalue weighted by Gasteiger charge is -2.15. The number of hydrogen-bond acceptors (Lipinski definition) is 3. The molecule has 1 saturated heterocycles. The van der Waals surface area contributed by atoms with Gasteiger partial charge in [-0.15, -0.1) is 0 Å². The molecule has 3 nitrogen and oxygen atoms in total. The van der Waals surface area contributed by atoms with Gasteiger partial charge in [-0.3, -0.25) is 4.90 Å². The molecule has 2 aliphatic rings. The molecule has 0 saturated carbocycles. The molecular formula is C13H14FNO2S. The number of nitrogens with zero attached hydrogens (tertiary/aromatic N) is 1. The Hall–Kier alpha value is -1.20. The molecule has 1 aromatic carbocycles. The number of hydrogen-bond donors (Lipinski definition) is 0. The van der Waals surface area contributed by atoms with E-state index < -0.39 is 15.7 Å². The van der Waals surface area contributed by atoms with Crippen LogP contribution in [0.15, 0.2) is 28.5 Å². The van der Waals surface area contributed by atoms with E-state index in [0.29, 0.717) is 17.7 Å². The Balaban J connectivity index is 1.99. The Bertz CT molecular complexity index is 616. The number of fused-ring (bicyclic) bond motifs is 1. The fourth-order valence-electron chi connectivity index (χ4n) is 2.62. The standard InChI is InChI=1S/C13H14FNO2S/c14-11-3-4-13-12(7-11)10(9-18(13,16)17)8-15-5-1-2-6-15/h3-4,7,9H,1-2,5-6,8H2. The van der Waals surface area contributed by atoms with Gasteiger partial charge >= 0.3 is 0 Å². The van der Waals surface area contributed by atoms with Crippen LogP contribution in [0, 0.1) is 5.82 Å². The zero-order valence-electron chi connectivity index (χ0n) is 9.89. The number of rotatable bonds is 2. The predicted molar refractivity (Wildman–Crippen MR) is 67.2 cm³/mol. The highest BCUT2D eigenvalue weighted by molar-refractivity contribution is 7.95. The molecule has 0 unspecified atom stereocenters. The summed E-state index contributed by atoms with van der Waals surface area (Å²) in [6, 6.07) is 3.87. The van der Waals surface area contributed by atoms with E-state index in [2.05, 4.69) is 4.90 Å². The number of sulfone groups is 1. The summed E-state index contributed by atoms with van der Waals surface area (Å²) in [6.45, 7) is 2.57. The minimum atomic E-state index is -3.37. The highest BCUT2D eigenvalue weighted by atomic mass is 32.2. The molecule has 96 valence electrons. The lowest BCUT2D eigenvalue weighted by molar-refractivity contribution is 0.383. The van der Waals surface area contributed by atoms with Crippen LogP contribution in [0.5, 0.6) is 0 Å². The zero-order valence-corrected chi connectivity index (χ0v) is 10.7. The quantitative estimate of drug-likeness (QED) is 0.770. The molecule has 0 amide bonds. The number of benzene rings is 1. The molecular weight excluding hydrogens is 253 g/mol. The van der Waals surface area contributed by atoms with Gasteiger partial charge in [0.25, 0.3) is 0 Å². The second-order valence-corrected chi connectivity index (χ2v) is 6.58. The van der Waals surface area contributed by atoms with Crippen molar-refractivity contribution in [2.45, 2.75) is 17.7 Å². The average molecular weight is 267 g/mol. The second-order valence-electron chi connectivity index (χ2n) is 4.81. The molecule has 5 heteroatoms. The van der Waals surface area contributed by atoms with Crippen LogP contribution in [0.4, 0.5) is 4.39 Å². The van der Waals surface area contributed by atoms with Crippen LogP contribution in [0.3, 0.4) is 0 Å². The second kappa shape index (κ2) is 4.17. The normalized spacial score (nSPS) is 21.9. The van der Waals surface area contributed by atoms with Crippen molar-refractivity contribution in [3.05, 3.63) is 35.0 Å². The molecule has 2 aliphatic heterocycles. The van der Waals surface area contributed by atoms with Crippen molar-refractivity contribution in [3.63, 3.8) is 0 Å². The minimum absolute atomic E-state index is 0.234. The van der Waals surface area contributed by atoms with Gasteiger partial charge in [-0.05, 0) is 49.7 Å². The molecule has 0 bridgehead atoms. The molecule has 3 rings (SSSR count). The van der Waals surface area contributed by atoms with Gasteiger partial charge < -0.3 is 0 Å². The molecule has 0 radical (unpaired) electrons. The molecule has 1 aromatic rings. The van der Waals surface area contributed by atoms with Gasteiger partial charge in [0.05, 0.1) is 4.90 Å². The summed E-state index contributed by atoms with van der Waals surface area (Å²) in [7, 11) is -3.37. The third-order valence-corrected chi connectivity index (χ3v) is 5.05. The molecule has 0 aromatic heterocycles. The fourth-order valence-corrected chi connectivity index (χ4v) is 4.08. The van der Waals surface area contributed by atoms with Gasteiger partial charge in [0, 0.05) is 17.5 Å². The summed E-state index contributed by atoms with van der Waals surface area (Å²) in [5, 5.41) is 1.29. The first kappa shape index (κ1) is 11.9. The Morgan fingerprint density at radius 2 is 1.94 bits per heavy atom. The summed E-state index contributed by atoms with van der Waals surface area (Å²) < 4.78 is 37.1. The van der Waals surface area contributed by atoms with E-state index in [4.69, 9.17) is 0 Å². The van der Waals surface area contributed by atoms with Crippen LogP contribution in [0.25, 0.3) is 5.57 Å². The van der Waals surface area contributed by atoms with Crippen molar-refractivity contribution >= 4 is 15.4 Å². The smallest absolute Gasteiger partial charge is 0.200 e. The SMILES string of the molecule is O=S1(=O)C=C(CN2CCCC2)c2cc(F)ccc21. The summed E-state index contributed by atoms with van der Waals surface area (Å²) in [4.78, 5) is 2.44. The van der Waals surface area contributed by atoms with E-state index in [1.807, 2.05) is 0 Å². The summed E-state index contributed by atoms with van der Waals surface area (Å²) in [5.41, 5.74) is 1.24. The summed E-state index contributed by atoms with van der Waals surface area (Å²) in [5.74, 6) is -0.391. The average Bonchev–Trinajstić information content (AvgIpc) is 2.87. The first-order chi connectivity index (χ1) is 8.56. The molecule has 0 atom stereocenters. The van der Waals surface area contributed by atoms with Gasteiger partial charge in [-0.2, -0.15) is 0 Å². The predicted octanol–water partition coefficient (Wildman–Crippen LogP) is 2.05. The van der Waals surface area contributed by atoms with Crippen molar-refractivity contribution in [2.24, 2.45) is 0 Å². The largest absolute Gasteiger partial charge is 0.299 e. The van der Waals surface area contributed by atoms with E-state index in [1.54, 1.807) is 0 Å². The summed E-state index contributed by atoms with van der Waals surface area (Å²) in [6.07, 6.45) is 2.30. The van der Waals surface area contributed by atoms with Crippen molar-refractivity contribution in [2.75, 3.05) is 19.6 Å². The molecule has 0 spiro atoms. The fraction of sp³-hybridized carbons (Fsp3) is 0.385. The van der Waals surface area contributed by atoms with E-state index in [9.17, 15) is 12.8 Å². The van der Waals surface area contributed by atoms with Gasteiger partial charge in [0.15, 0.2) is 0 Å². The first-order valence-corrected chi connectivity index (χ1v) is 7.59. The van der Waals surface area contributed by atoms with Crippen LogP contribution in [0.1, 0.15) is 18.4 Å². The molecule has 2 heterocycles. The highest BCUT2D eigenvalue weighted by Crippen LogP contribution is 2.34. The van der Waals surface area contributed by atoms with Crippen molar-refractivity contribution in [3.8, 4) is 0 Å². The third-order valence-electron chi connectivity index (χ3n) is 3.48. The van der Waals surface area contributed by atoms with Gasteiger partial charge in [0.1, 0.15) is 5.82 Å². The highest BCUT2D eigenvalue weighted by Gasteiger charge is 2.28. The Morgan fingerprint density at radius 3 is 2.67 bits per heavy atom. The van der Waals surface area contributed by atoms with Crippen LogP contribution in [-0.4, -0.2) is 33.0 Å². The minimum Gasteiger partial charge on any atom is -0.299 e. The molecule has 18 heavy (non-hydrogen) atoms. The van der Waals surface area contributed by atoms with Crippen LogP contribution in [0.2, 0.25) is 0 Å². The topological polar surface area (TPSA) is 37.4 Å². The van der Waals surface area contributed by atoms with E-state index in [-0.39, 0.29) is 4.90 Å². The Morgan fingerprint density at radius 1 is 1.22 bits per heavy atom. The zero-order chi connectivity index (χ0) is 12.8. The van der Waals surface area contributed by atoms with Crippen LogP contribution < -0.4 is 0 Å². The van der Waals surface area contributed by atoms with Crippen molar-refractivity contribution in [1.29, 1.82) is 0 Å². The van der Waals surface area contributed by atoms with Crippen LogP contribution in [-0.2, 0) is 9.84 Å². The van der Waals surface area contributed by atoms with Gasteiger partial charge in [-0.25, -0.2) is 12.8 Å². The van der Waals surface area contributed by atoms with Gasteiger partial charge in [0.2, 0.25) is 9.84 Å². The number of halogens is 1. The van der Waals surface area contributed by atoms with Gasteiger partial charge in [-0.1, -0.05) is 0 Å². The maximum Gasteiger partial charge on any atom is 0.200 e. The first-order valence-electron chi connectivity index (χ1n) is 6.04. The lowest BCUT2D eigenvalue weighted by atomic mass is 10.1. The van der Waals surface area contributed by atoms with E-state index >= 15 is 0 Å². The Labute approximate surface area is 106 Å². The van der Waals surface area contributed by atoms with Crippen molar-refractivity contribution < 1.29 is 12.8 Å². The number of likely N-dealkylation sites (tertiary alicyclic amines) is 1. The third kappa shape index (κ3) is 1.97. The maximum absolute atomic E-state index is 13.3. The monoisotopic (exact) mass is 267 g/mol. The van der Waals surface area contributed by atoms with E-state index in [1.165, 1.54) is 23.6 Å². The van der Waals surface area contributed by atoms with Crippen LogP contribution >= 0.6 is 0 Å².